The molecule has 0 saturated heterocycles. The number of benzene rings is 1. The van der Waals surface area contributed by atoms with E-state index in [-0.39, 0.29) is 0 Å². The van der Waals surface area contributed by atoms with Crippen LogP contribution in [0.5, 0.6) is 0 Å². The largest absolute Gasteiger partial charge is 0.463 e. The first-order chi connectivity index (χ1) is 5.93. The fraction of sp³-hybridized carbons (Fsp3) is 0.100. The van der Waals surface area contributed by atoms with E-state index in [0.717, 1.165) is 5.56 Å². The van der Waals surface area contributed by atoms with Gasteiger partial charge < -0.3 is 4.74 Å². The Morgan fingerprint density at radius 2 is 1.83 bits per heavy atom. The Balaban J connectivity index is 0.000000561. The third-order valence-corrected chi connectivity index (χ3v) is 1.16. The van der Waals surface area contributed by atoms with E-state index in [1.165, 1.54) is 0 Å². The molecular weight excluding hydrogens is 152 g/mol. The fourth-order valence-corrected chi connectivity index (χ4v) is 0.704. The van der Waals surface area contributed by atoms with Crippen molar-refractivity contribution in [2.24, 2.45) is 0 Å². The molecule has 0 aliphatic rings. The van der Waals surface area contributed by atoms with Gasteiger partial charge in [0.15, 0.2) is 0 Å². The van der Waals surface area contributed by atoms with Gasteiger partial charge in [0.05, 0.1) is 0 Å². The van der Waals surface area contributed by atoms with Gasteiger partial charge in [0.25, 0.3) is 6.47 Å². The fourth-order valence-electron chi connectivity index (χ4n) is 0.704. The zero-order valence-corrected chi connectivity index (χ0v) is 6.64. The van der Waals surface area contributed by atoms with Crippen LogP contribution in [0.1, 0.15) is 5.56 Å². The molecule has 0 unspecified atom stereocenters. The van der Waals surface area contributed by atoms with Crippen LogP contribution in [0, 0.1) is 12.8 Å². The van der Waals surface area contributed by atoms with Gasteiger partial charge in [0.2, 0.25) is 0 Å². The van der Waals surface area contributed by atoms with Gasteiger partial charge in [-0.2, -0.15) is 0 Å². The maximum atomic E-state index is 9.76. The minimum absolute atomic E-state index is 0.365. The summed E-state index contributed by atoms with van der Waals surface area (Å²) in [6.07, 6.45) is 8.00. The van der Waals surface area contributed by atoms with Crippen LogP contribution in [0.3, 0.4) is 0 Å². The van der Waals surface area contributed by atoms with Crippen LogP contribution in [0.4, 0.5) is 0 Å². The molecule has 1 aromatic carbocycles. The summed E-state index contributed by atoms with van der Waals surface area (Å²) in [7, 11) is 0. The topological polar surface area (TPSA) is 26.3 Å². The zero-order chi connectivity index (χ0) is 9.23. The number of terminal acetylenes is 1. The molecule has 0 heterocycles. The van der Waals surface area contributed by atoms with Crippen LogP contribution >= 0.6 is 0 Å². The highest BCUT2D eigenvalue weighted by Crippen LogP contribution is 1.98. The molecule has 0 spiro atoms. The molecule has 1 aromatic rings. The quantitative estimate of drug-likeness (QED) is 0.498. The molecule has 0 radical (unpaired) electrons. The zero-order valence-electron chi connectivity index (χ0n) is 6.64. The summed E-state index contributed by atoms with van der Waals surface area (Å²) in [5, 5.41) is 0. The molecule has 12 heavy (non-hydrogen) atoms. The van der Waals surface area contributed by atoms with Gasteiger partial charge in [-0.15, -0.1) is 12.8 Å². The standard InChI is InChI=1S/C8H8O2.C2H2/c9-7-10-6-8-4-2-1-3-5-8;1-2/h1-5,7H,6H2;1-2H. The van der Waals surface area contributed by atoms with Gasteiger partial charge in [-0.3, -0.25) is 4.79 Å². The summed E-state index contributed by atoms with van der Waals surface area (Å²) >= 11 is 0. The van der Waals surface area contributed by atoms with E-state index in [4.69, 9.17) is 0 Å². The lowest BCUT2D eigenvalue weighted by molar-refractivity contribution is -0.129. The van der Waals surface area contributed by atoms with Crippen molar-refractivity contribution >= 4 is 6.47 Å². The summed E-state index contributed by atoms with van der Waals surface area (Å²) in [5.74, 6) is 0. The van der Waals surface area contributed by atoms with Gasteiger partial charge >= 0.3 is 0 Å². The van der Waals surface area contributed by atoms with Gasteiger partial charge in [-0.1, -0.05) is 30.3 Å². The van der Waals surface area contributed by atoms with Crippen LogP contribution in [0.25, 0.3) is 0 Å². The Morgan fingerprint density at radius 3 is 2.33 bits per heavy atom. The second kappa shape index (κ2) is 7.36. The van der Waals surface area contributed by atoms with Crippen molar-refractivity contribution in [3.05, 3.63) is 35.9 Å². The van der Waals surface area contributed by atoms with E-state index in [9.17, 15) is 4.79 Å². The minimum Gasteiger partial charge on any atom is -0.463 e. The van der Waals surface area contributed by atoms with E-state index in [1.807, 2.05) is 30.3 Å². The molecule has 0 bridgehead atoms. The van der Waals surface area contributed by atoms with Crippen molar-refractivity contribution < 1.29 is 9.53 Å². The Hall–Kier alpha value is -1.75. The Kier molecular flexibility index (Phi) is 6.29. The van der Waals surface area contributed by atoms with Crippen molar-refractivity contribution in [2.75, 3.05) is 0 Å². The number of carbonyl (C=O) groups excluding carboxylic acids is 1. The van der Waals surface area contributed by atoms with E-state index in [1.54, 1.807) is 0 Å². The Bertz CT molecular complexity index is 226. The summed E-state index contributed by atoms with van der Waals surface area (Å²) in [5.41, 5.74) is 1.01. The SMILES string of the molecule is C#C.O=COCc1ccccc1. The number of ether oxygens (including phenoxy) is 1. The van der Waals surface area contributed by atoms with Crippen molar-refractivity contribution in [1.82, 2.24) is 0 Å². The third-order valence-electron chi connectivity index (χ3n) is 1.16. The maximum absolute atomic E-state index is 9.76. The van der Waals surface area contributed by atoms with E-state index in [2.05, 4.69) is 17.6 Å². The smallest absolute Gasteiger partial charge is 0.293 e. The van der Waals surface area contributed by atoms with Crippen molar-refractivity contribution in [3.63, 3.8) is 0 Å². The number of rotatable bonds is 3. The predicted octanol–water partition coefficient (Wildman–Crippen LogP) is 1.61. The molecule has 0 N–H and O–H groups in total. The second-order valence-electron chi connectivity index (χ2n) is 1.89. The van der Waals surface area contributed by atoms with E-state index >= 15 is 0 Å². The number of carbonyl (C=O) groups is 1. The molecule has 2 nitrogen and oxygen atoms in total. The van der Waals surface area contributed by atoms with E-state index < -0.39 is 0 Å². The molecule has 0 aliphatic carbocycles. The highest BCUT2D eigenvalue weighted by Gasteiger charge is 1.87. The van der Waals surface area contributed by atoms with Crippen LogP contribution < -0.4 is 0 Å². The normalized spacial score (nSPS) is 7.50. The van der Waals surface area contributed by atoms with E-state index in [0.29, 0.717) is 13.1 Å². The summed E-state index contributed by atoms with van der Waals surface area (Å²) < 4.78 is 4.54. The molecule has 0 atom stereocenters. The first-order valence-electron chi connectivity index (χ1n) is 3.36. The Morgan fingerprint density at radius 1 is 1.25 bits per heavy atom. The lowest BCUT2D eigenvalue weighted by Crippen LogP contribution is -1.88. The number of hydrogen-bond acceptors (Lipinski definition) is 2. The van der Waals surface area contributed by atoms with Gasteiger partial charge in [-0.05, 0) is 5.56 Å². The predicted molar refractivity (Wildman–Crippen MR) is 47.2 cm³/mol. The highest BCUT2D eigenvalue weighted by molar-refractivity contribution is 5.37. The lowest BCUT2D eigenvalue weighted by atomic mass is 10.2. The summed E-state index contributed by atoms with van der Waals surface area (Å²) in [6, 6.07) is 9.55. The van der Waals surface area contributed by atoms with Crippen LogP contribution in [-0.4, -0.2) is 6.47 Å². The first-order valence-corrected chi connectivity index (χ1v) is 3.36. The minimum atomic E-state index is 0.365. The van der Waals surface area contributed by atoms with Gasteiger partial charge in [0, 0.05) is 0 Å². The monoisotopic (exact) mass is 162 g/mol. The third kappa shape index (κ3) is 4.13. The highest BCUT2D eigenvalue weighted by atomic mass is 16.5. The van der Waals surface area contributed by atoms with Crippen molar-refractivity contribution in [1.29, 1.82) is 0 Å². The van der Waals surface area contributed by atoms with Crippen LogP contribution in [0.2, 0.25) is 0 Å². The summed E-state index contributed by atoms with van der Waals surface area (Å²) in [4.78, 5) is 9.76. The second-order valence-corrected chi connectivity index (χ2v) is 1.89. The molecule has 0 aliphatic heterocycles. The summed E-state index contributed by atoms with van der Waals surface area (Å²) in [6.45, 7) is 0.817. The average Bonchev–Trinajstić information content (AvgIpc) is 2.19. The maximum Gasteiger partial charge on any atom is 0.293 e. The molecule has 0 fully saturated rings. The van der Waals surface area contributed by atoms with Gasteiger partial charge in [-0.25, -0.2) is 0 Å². The molecule has 1 rings (SSSR count). The molecule has 0 aromatic heterocycles. The van der Waals surface area contributed by atoms with Crippen LogP contribution in [-0.2, 0) is 16.1 Å². The Labute approximate surface area is 72.2 Å². The molecule has 2 heteroatoms. The number of hydrogen-bond donors (Lipinski definition) is 0. The van der Waals surface area contributed by atoms with Crippen molar-refractivity contribution in [3.8, 4) is 12.8 Å². The first kappa shape index (κ1) is 10.2. The average molecular weight is 162 g/mol. The van der Waals surface area contributed by atoms with Gasteiger partial charge in [0.1, 0.15) is 6.61 Å². The van der Waals surface area contributed by atoms with Crippen LogP contribution in [0.15, 0.2) is 30.3 Å². The van der Waals surface area contributed by atoms with Crippen molar-refractivity contribution in [2.45, 2.75) is 6.61 Å². The lowest BCUT2D eigenvalue weighted by Gasteiger charge is -1.95. The molecule has 0 amide bonds. The molecular formula is C10H10O2. The molecule has 0 saturated carbocycles. The molecule has 62 valence electrons.